The molecule has 8 heteroatoms. The lowest BCUT2D eigenvalue weighted by Gasteiger charge is -2.03. The van der Waals surface area contributed by atoms with Gasteiger partial charge in [0, 0.05) is 22.8 Å². The van der Waals surface area contributed by atoms with Gasteiger partial charge in [0.1, 0.15) is 4.21 Å². The molecule has 0 aliphatic carbocycles. The van der Waals surface area contributed by atoms with Gasteiger partial charge in [-0.05, 0) is 53.2 Å². The predicted molar refractivity (Wildman–Crippen MR) is 92.6 cm³/mol. The van der Waals surface area contributed by atoms with Crippen molar-refractivity contribution >= 4 is 48.6 Å². The highest BCUT2D eigenvalue weighted by atomic mass is 79.9. The SMILES string of the molecule is CCNCc1ccc(S(=O)(=O)NCCc2ccc(Br)s2)s1. The molecule has 116 valence electrons. The predicted octanol–water partition coefficient (Wildman–Crippen LogP) is 3.20. The lowest BCUT2D eigenvalue weighted by atomic mass is 10.3. The Morgan fingerprint density at radius 2 is 1.90 bits per heavy atom. The number of hydrogen-bond acceptors (Lipinski definition) is 5. The van der Waals surface area contributed by atoms with E-state index in [0.29, 0.717) is 23.7 Å². The summed E-state index contributed by atoms with van der Waals surface area (Å²) in [5.74, 6) is 0. The summed E-state index contributed by atoms with van der Waals surface area (Å²) in [6.45, 7) is 4.01. The van der Waals surface area contributed by atoms with Crippen molar-refractivity contribution in [1.82, 2.24) is 10.0 Å². The van der Waals surface area contributed by atoms with Crippen LogP contribution in [0.2, 0.25) is 0 Å². The van der Waals surface area contributed by atoms with Crippen LogP contribution in [0.1, 0.15) is 16.7 Å². The fourth-order valence-electron chi connectivity index (χ4n) is 1.71. The Morgan fingerprint density at radius 1 is 1.14 bits per heavy atom. The van der Waals surface area contributed by atoms with Gasteiger partial charge in [0.05, 0.1) is 3.79 Å². The van der Waals surface area contributed by atoms with Crippen LogP contribution < -0.4 is 10.0 Å². The summed E-state index contributed by atoms with van der Waals surface area (Å²) in [4.78, 5) is 2.18. The van der Waals surface area contributed by atoms with E-state index < -0.39 is 10.0 Å². The Morgan fingerprint density at radius 3 is 2.57 bits per heavy atom. The largest absolute Gasteiger partial charge is 0.312 e. The number of nitrogens with one attached hydrogen (secondary N) is 2. The molecule has 0 bridgehead atoms. The third kappa shape index (κ3) is 5.15. The molecular weight excluding hydrogens is 392 g/mol. The Bertz CT molecular complexity index is 679. The number of halogens is 1. The summed E-state index contributed by atoms with van der Waals surface area (Å²) < 4.78 is 28.5. The van der Waals surface area contributed by atoms with Crippen LogP contribution in [-0.2, 0) is 23.0 Å². The minimum Gasteiger partial charge on any atom is -0.312 e. The minimum atomic E-state index is -3.39. The first-order chi connectivity index (χ1) is 10.0. The van der Waals surface area contributed by atoms with Crippen LogP contribution >= 0.6 is 38.6 Å². The first-order valence-electron chi connectivity index (χ1n) is 6.54. The molecule has 0 aliphatic heterocycles. The maximum absolute atomic E-state index is 12.2. The third-order valence-electron chi connectivity index (χ3n) is 2.74. The van der Waals surface area contributed by atoms with Crippen molar-refractivity contribution in [3.8, 4) is 0 Å². The molecule has 2 heterocycles. The van der Waals surface area contributed by atoms with Gasteiger partial charge in [-0.15, -0.1) is 22.7 Å². The molecular formula is C13H17BrN2O2S3. The molecule has 2 rings (SSSR count). The van der Waals surface area contributed by atoms with E-state index in [1.807, 2.05) is 25.1 Å². The van der Waals surface area contributed by atoms with Crippen LogP contribution in [-0.4, -0.2) is 21.5 Å². The van der Waals surface area contributed by atoms with Gasteiger partial charge < -0.3 is 5.32 Å². The standard InChI is InChI=1S/C13H17BrN2O2S3/c1-2-15-9-11-4-6-13(20-11)21(17,18)16-8-7-10-3-5-12(14)19-10/h3-6,15-16H,2,7-9H2,1H3. The molecule has 0 aliphatic rings. The lowest BCUT2D eigenvalue weighted by Crippen LogP contribution is -2.25. The van der Waals surface area contributed by atoms with Crippen LogP contribution in [0.5, 0.6) is 0 Å². The molecule has 2 N–H and O–H groups in total. The first-order valence-corrected chi connectivity index (χ1v) is 10.5. The molecule has 0 saturated carbocycles. The summed E-state index contributed by atoms with van der Waals surface area (Å²) in [5, 5.41) is 3.19. The van der Waals surface area contributed by atoms with Crippen molar-refractivity contribution in [3.63, 3.8) is 0 Å². The highest BCUT2D eigenvalue weighted by Crippen LogP contribution is 2.23. The second-order valence-electron chi connectivity index (χ2n) is 4.35. The molecule has 21 heavy (non-hydrogen) atoms. The van der Waals surface area contributed by atoms with E-state index in [-0.39, 0.29) is 0 Å². The second kappa shape index (κ2) is 7.85. The molecule has 0 amide bonds. The van der Waals surface area contributed by atoms with Crippen LogP contribution in [0.3, 0.4) is 0 Å². The Labute approximate surface area is 141 Å². The van der Waals surface area contributed by atoms with Gasteiger partial charge in [-0.3, -0.25) is 0 Å². The van der Waals surface area contributed by atoms with Crippen LogP contribution in [0.25, 0.3) is 0 Å². The molecule has 0 aromatic carbocycles. The second-order valence-corrected chi connectivity index (χ2v) is 10.1. The maximum Gasteiger partial charge on any atom is 0.250 e. The van der Waals surface area contributed by atoms with E-state index in [4.69, 9.17) is 0 Å². The van der Waals surface area contributed by atoms with Crippen molar-refractivity contribution in [2.75, 3.05) is 13.1 Å². The molecule has 2 aromatic heterocycles. The molecule has 0 atom stereocenters. The molecule has 4 nitrogen and oxygen atoms in total. The molecule has 0 fully saturated rings. The van der Waals surface area contributed by atoms with Gasteiger partial charge in [-0.1, -0.05) is 6.92 Å². The highest BCUT2D eigenvalue weighted by molar-refractivity contribution is 9.11. The van der Waals surface area contributed by atoms with Gasteiger partial charge in [0.15, 0.2) is 0 Å². The van der Waals surface area contributed by atoms with E-state index in [2.05, 4.69) is 26.0 Å². The summed E-state index contributed by atoms with van der Waals surface area (Å²) >= 11 is 6.33. The van der Waals surface area contributed by atoms with E-state index in [1.165, 1.54) is 11.3 Å². The van der Waals surface area contributed by atoms with Crippen molar-refractivity contribution < 1.29 is 8.42 Å². The quantitative estimate of drug-likeness (QED) is 0.704. The number of hydrogen-bond donors (Lipinski definition) is 2. The van der Waals surface area contributed by atoms with Gasteiger partial charge >= 0.3 is 0 Å². The van der Waals surface area contributed by atoms with E-state index in [0.717, 1.165) is 20.1 Å². The number of sulfonamides is 1. The number of rotatable bonds is 8. The average molecular weight is 409 g/mol. The van der Waals surface area contributed by atoms with Crippen LogP contribution in [0.4, 0.5) is 0 Å². The van der Waals surface area contributed by atoms with E-state index >= 15 is 0 Å². The van der Waals surface area contributed by atoms with Crippen molar-refractivity contribution in [1.29, 1.82) is 0 Å². The van der Waals surface area contributed by atoms with Gasteiger partial charge in [-0.2, -0.15) is 0 Å². The highest BCUT2D eigenvalue weighted by Gasteiger charge is 2.16. The van der Waals surface area contributed by atoms with Crippen LogP contribution in [0, 0.1) is 0 Å². The fourth-order valence-corrected chi connectivity index (χ4v) is 5.60. The molecule has 2 aromatic rings. The number of thiophene rings is 2. The Balaban J connectivity index is 1.90. The normalized spacial score (nSPS) is 11.9. The van der Waals surface area contributed by atoms with Gasteiger partial charge in [0.25, 0.3) is 0 Å². The molecule has 0 spiro atoms. The zero-order valence-corrected chi connectivity index (χ0v) is 15.6. The topological polar surface area (TPSA) is 58.2 Å². The maximum atomic E-state index is 12.2. The van der Waals surface area contributed by atoms with Crippen molar-refractivity contribution in [3.05, 3.63) is 37.8 Å². The summed E-state index contributed by atoms with van der Waals surface area (Å²) in [7, 11) is -3.39. The zero-order chi connectivity index (χ0) is 15.3. The fraction of sp³-hybridized carbons (Fsp3) is 0.385. The third-order valence-corrected chi connectivity index (χ3v) is 7.46. The monoisotopic (exact) mass is 408 g/mol. The zero-order valence-electron chi connectivity index (χ0n) is 11.6. The van der Waals surface area contributed by atoms with Gasteiger partial charge in [-0.25, -0.2) is 13.1 Å². The lowest BCUT2D eigenvalue weighted by molar-refractivity contribution is 0.584. The minimum absolute atomic E-state index is 0.378. The van der Waals surface area contributed by atoms with Crippen molar-refractivity contribution in [2.45, 2.75) is 24.1 Å². The van der Waals surface area contributed by atoms with Crippen LogP contribution in [0.15, 0.2) is 32.3 Å². The van der Waals surface area contributed by atoms with Crippen molar-refractivity contribution in [2.24, 2.45) is 0 Å². The smallest absolute Gasteiger partial charge is 0.250 e. The summed E-state index contributed by atoms with van der Waals surface area (Å²) in [6, 6.07) is 7.50. The van der Waals surface area contributed by atoms with Gasteiger partial charge in [0.2, 0.25) is 10.0 Å². The van der Waals surface area contributed by atoms with E-state index in [9.17, 15) is 8.42 Å². The summed E-state index contributed by atoms with van der Waals surface area (Å²) in [5.41, 5.74) is 0. The first kappa shape index (κ1) is 17.1. The average Bonchev–Trinajstić information content (AvgIpc) is 3.06. The Kier molecular flexibility index (Phi) is 6.39. The molecule has 0 radical (unpaired) electrons. The molecule has 0 saturated heterocycles. The molecule has 0 unspecified atom stereocenters. The van der Waals surface area contributed by atoms with E-state index in [1.54, 1.807) is 17.4 Å². The Hall–Kier alpha value is -0.250. The summed E-state index contributed by atoms with van der Waals surface area (Å²) in [6.07, 6.45) is 0.700.